The number of nitrogens with zero attached hydrogens (tertiary/aromatic N) is 1. The van der Waals surface area contributed by atoms with Gasteiger partial charge in [-0.2, -0.15) is 0 Å². The van der Waals surface area contributed by atoms with Crippen LogP contribution in [0.25, 0.3) is 0 Å². The summed E-state index contributed by atoms with van der Waals surface area (Å²) in [4.78, 5) is 3.73. The zero-order valence-corrected chi connectivity index (χ0v) is 7.43. The highest BCUT2D eigenvalue weighted by Gasteiger charge is 2.31. The summed E-state index contributed by atoms with van der Waals surface area (Å²) in [6, 6.07) is 1.23. The second kappa shape index (κ2) is 3.83. The molecule has 1 rings (SSSR count). The number of aryl methyl sites for hydroxylation is 1. The Labute approximate surface area is 78.7 Å². The molecule has 0 aromatic carbocycles. The lowest BCUT2D eigenvalue weighted by Crippen LogP contribution is -2.17. The Bertz CT molecular complexity index is 325. The number of hydrogen-bond donors (Lipinski definition) is 1. The largest absolute Gasteiger partial charge is 0.573 e. The Morgan fingerprint density at radius 1 is 1.50 bits per heavy atom. The fourth-order valence-corrected chi connectivity index (χ4v) is 0.953. The third-order valence-electron chi connectivity index (χ3n) is 1.62. The van der Waals surface area contributed by atoms with Crippen LogP contribution >= 0.6 is 0 Å². The first-order chi connectivity index (χ1) is 6.42. The summed E-state index contributed by atoms with van der Waals surface area (Å²) in [5.41, 5.74) is 6.44. The fraction of sp³-hybridized carbons (Fsp3) is 0.375. The van der Waals surface area contributed by atoms with Crippen LogP contribution in [-0.4, -0.2) is 11.3 Å². The average Bonchev–Trinajstić information content (AvgIpc) is 2.06. The second-order valence-corrected chi connectivity index (χ2v) is 2.67. The number of halogens is 3. The molecule has 1 heterocycles. The molecule has 0 spiro atoms. The summed E-state index contributed by atoms with van der Waals surface area (Å²) in [5.74, 6) is -0.344. The third-order valence-corrected chi connectivity index (χ3v) is 1.62. The van der Waals surface area contributed by atoms with Gasteiger partial charge in [0.1, 0.15) is 5.75 Å². The summed E-state index contributed by atoms with van der Waals surface area (Å²) < 4.78 is 39.1. The van der Waals surface area contributed by atoms with Gasteiger partial charge in [0.25, 0.3) is 0 Å². The van der Waals surface area contributed by atoms with E-state index in [1.54, 1.807) is 6.92 Å². The predicted octanol–water partition coefficient (Wildman–Crippen LogP) is 1.75. The Balaban J connectivity index is 2.90. The second-order valence-electron chi connectivity index (χ2n) is 2.67. The molecule has 0 aliphatic heterocycles. The summed E-state index contributed by atoms with van der Waals surface area (Å²) in [6.45, 7) is 1.80. The molecule has 0 unspecified atom stereocenters. The maximum Gasteiger partial charge on any atom is 0.573 e. The molecule has 78 valence electrons. The van der Waals surface area contributed by atoms with E-state index in [9.17, 15) is 13.2 Å². The molecule has 1 aromatic rings. The number of nitrogens with two attached hydrogens (primary N) is 1. The normalized spacial score (nSPS) is 11.5. The summed E-state index contributed by atoms with van der Waals surface area (Å²) in [6.07, 6.45) is -3.68. The van der Waals surface area contributed by atoms with Crippen molar-refractivity contribution in [2.24, 2.45) is 5.73 Å². The van der Waals surface area contributed by atoms with Gasteiger partial charge in [-0.3, -0.25) is 4.98 Å². The number of aromatic nitrogens is 1. The van der Waals surface area contributed by atoms with Crippen LogP contribution in [0.15, 0.2) is 12.3 Å². The lowest BCUT2D eigenvalue weighted by Gasteiger charge is -2.10. The molecule has 0 fully saturated rings. The van der Waals surface area contributed by atoms with Crippen LogP contribution in [0, 0.1) is 6.92 Å². The first-order valence-electron chi connectivity index (χ1n) is 3.83. The third kappa shape index (κ3) is 2.88. The van der Waals surface area contributed by atoms with E-state index in [0.29, 0.717) is 11.3 Å². The lowest BCUT2D eigenvalue weighted by molar-refractivity contribution is -0.274. The molecule has 0 saturated heterocycles. The minimum atomic E-state index is -4.69. The molecule has 1 aromatic heterocycles. The van der Waals surface area contributed by atoms with E-state index in [0.717, 1.165) is 6.20 Å². The van der Waals surface area contributed by atoms with Gasteiger partial charge in [-0.25, -0.2) is 0 Å². The van der Waals surface area contributed by atoms with Crippen molar-refractivity contribution in [2.75, 3.05) is 0 Å². The molecule has 14 heavy (non-hydrogen) atoms. The molecule has 0 saturated carbocycles. The molecule has 2 N–H and O–H groups in total. The van der Waals surface area contributed by atoms with Crippen LogP contribution in [0.2, 0.25) is 0 Å². The van der Waals surface area contributed by atoms with Gasteiger partial charge < -0.3 is 10.5 Å². The first kappa shape index (κ1) is 10.8. The van der Waals surface area contributed by atoms with Gasteiger partial charge in [-0.05, 0) is 18.6 Å². The molecule has 6 heteroatoms. The van der Waals surface area contributed by atoms with Crippen LogP contribution in [0.5, 0.6) is 5.75 Å². The van der Waals surface area contributed by atoms with Gasteiger partial charge >= 0.3 is 6.36 Å². The van der Waals surface area contributed by atoms with Crippen molar-refractivity contribution >= 4 is 0 Å². The maximum atomic E-state index is 11.8. The van der Waals surface area contributed by atoms with Crippen LogP contribution in [0.4, 0.5) is 13.2 Å². The van der Waals surface area contributed by atoms with E-state index < -0.39 is 6.36 Å². The quantitative estimate of drug-likeness (QED) is 0.801. The molecule has 0 aliphatic carbocycles. The predicted molar refractivity (Wildman–Crippen MR) is 43.5 cm³/mol. The topological polar surface area (TPSA) is 48.1 Å². The van der Waals surface area contributed by atoms with Crippen molar-refractivity contribution < 1.29 is 17.9 Å². The van der Waals surface area contributed by atoms with Crippen molar-refractivity contribution in [3.05, 3.63) is 23.5 Å². The van der Waals surface area contributed by atoms with Gasteiger partial charge in [0.15, 0.2) is 0 Å². The first-order valence-corrected chi connectivity index (χ1v) is 3.83. The van der Waals surface area contributed by atoms with Gasteiger partial charge in [0, 0.05) is 12.2 Å². The molecule has 0 atom stereocenters. The molecular formula is C8H9F3N2O. The van der Waals surface area contributed by atoms with Gasteiger partial charge in [-0.1, -0.05) is 0 Å². The number of hydrogen-bond acceptors (Lipinski definition) is 3. The maximum absolute atomic E-state index is 11.8. The van der Waals surface area contributed by atoms with Crippen LogP contribution < -0.4 is 10.5 Å². The van der Waals surface area contributed by atoms with Crippen LogP contribution in [0.1, 0.15) is 11.3 Å². The van der Waals surface area contributed by atoms with Gasteiger partial charge in [-0.15, -0.1) is 13.2 Å². The number of alkyl halides is 3. The monoisotopic (exact) mass is 206 g/mol. The van der Waals surface area contributed by atoms with E-state index in [4.69, 9.17) is 5.73 Å². The van der Waals surface area contributed by atoms with Crippen molar-refractivity contribution in [3.8, 4) is 5.75 Å². The highest BCUT2D eigenvalue weighted by atomic mass is 19.4. The molecule has 0 radical (unpaired) electrons. The number of ether oxygens (including phenoxy) is 1. The highest BCUT2D eigenvalue weighted by Crippen LogP contribution is 2.23. The Morgan fingerprint density at radius 3 is 2.64 bits per heavy atom. The van der Waals surface area contributed by atoms with E-state index in [1.165, 1.54) is 6.07 Å². The van der Waals surface area contributed by atoms with Gasteiger partial charge in [0.2, 0.25) is 0 Å². The standard InChI is InChI=1S/C8H9F3N2O/c1-5-6(3-12)2-7(4-13-5)14-8(9,10)11/h2,4H,3,12H2,1H3. The minimum Gasteiger partial charge on any atom is -0.404 e. The Hall–Kier alpha value is -1.30. The summed E-state index contributed by atoms with van der Waals surface area (Å²) >= 11 is 0. The zero-order chi connectivity index (χ0) is 10.8. The van der Waals surface area contributed by atoms with E-state index in [-0.39, 0.29) is 12.3 Å². The lowest BCUT2D eigenvalue weighted by atomic mass is 10.2. The molecular weight excluding hydrogens is 197 g/mol. The fourth-order valence-electron chi connectivity index (χ4n) is 0.953. The number of rotatable bonds is 2. The van der Waals surface area contributed by atoms with E-state index in [1.807, 2.05) is 0 Å². The SMILES string of the molecule is Cc1ncc(OC(F)(F)F)cc1CN. The van der Waals surface area contributed by atoms with Crippen LogP contribution in [0.3, 0.4) is 0 Å². The van der Waals surface area contributed by atoms with Crippen molar-refractivity contribution in [2.45, 2.75) is 19.8 Å². The minimum absolute atomic E-state index is 0.133. The average molecular weight is 206 g/mol. The van der Waals surface area contributed by atoms with E-state index >= 15 is 0 Å². The summed E-state index contributed by atoms with van der Waals surface area (Å²) in [5, 5.41) is 0. The molecule has 0 bridgehead atoms. The Morgan fingerprint density at radius 2 is 2.14 bits per heavy atom. The summed E-state index contributed by atoms with van der Waals surface area (Å²) in [7, 11) is 0. The van der Waals surface area contributed by atoms with Crippen molar-refractivity contribution in [3.63, 3.8) is 0 Å². The van der Waals surface area contributed by atoms with Crippen molar-refractivity contribution in [1.82, 2.24) is 4.98 Å². The van der Waals surface area contributed by atoms with Gasteiger partial charge in [0.05, 0.1) is 6.20 Å². The van der Waals surface area contributed by atoms with Crippen molar-refractivity contribution in [1.29, 1.82) is 0 Å². The number of pyridine rings is 1. The molecule has 0 aliphatic rings. The zero-order valence-electron chi connectivity index (χ0n) is 7.43. The van der Waals surface area contributed by atoms with E-state index in [2.05, 4.69) is 9.72 Å². The molecule has 3 nitrogen and oxygen atoms in total. The smallest absolute Gasteiger partial charge is 0.404 e. The Kier molecular flexibility index (Phi) is 2.95. The molecule has 0 amide bonds. The highest BCUT2D eigenvalue weighted by molar-refractivity contribution is 5.28. The van der Waals surface area contributed by atoms with Crippen LogP contribution in [-0.2, 0) is 6.54 Å².